The van der Waals surface area contributed by atoms with Gasteiger partial charge in [0.2, 0.25) is 9.70 Å². The van der Waals surface area contributed by atoms with E-state index in [2.05, 4.69) is 31.9 Å². The molecule has 0 fully saturated rings. The van der Waals surface area contributed by atoms with Crippen LogP contribution in [0.2, 0.25) is 0 Å². The SMILES string of the molecule is O=C(CCl)N[C@@H](NC(=S)Nc1ccccc1Br)C(Cl)(Cl)Cl. The molecule has 116 valence electrons. The van der Waals surface area contributed by atoms with Crippen LogP contribution in [-0.4, -0.2) is 26.9 Å². The molecule has 4 nitrogen and oxygen atoms in total. The normalized spacial score (nSPS) is 12.4. The summed E-state index contributed by atoms with van der Waals surface area (Å²) in [6.07, 6.45) is -1.03. The Morgan fingerprint density at radius 2 is 1.90 bits per heavy atom. The van der Waals surface area contributed by atoms with Gasteiger partial charge in [-0.05, 0) is 40.3 Å². The topological polar surface area (TPSA) is 53.2 Å². The average molecular weight is 454 g/mol. The number of alkyl halides is 4. The van der Waals surface area contributed by atoms with Gasteiger partial charge in [-0.3, -0.25) is 4.79 Å². The quantitative estimate of drug-likeness (QED) is 0.369. The molecule has 3 N–H and O–H groups in total. The summed E-state index contributed by atoms with van der Waals surface area (Å²) in [7, 11) is 0. The summed E-state index contributed by atoms with van der Waals surface area (Å²) in [6, 6.07) is 7.33. The van der Waals surface area contributed by atoms with E-state index in [9.17, 15) is 4.79 Å². The summed E-state index contributed by atoms with van der Waals surface area (Å²) >= 11 is 31.3. The highest BCUT2D eigenvalue weighted by molar-refractivity contribution is 9.10. The fraction of sp³-hybridized carbons (Fsp3) is 0.273. The molecule has 1 aromatic carbocycles. The predicted octanol–water partition coefficient (Wildman–Crippen LogP) is 3.79. The van der Waals surface area contributed by atoms with Crippen molar-refractivity contribution in [3.63, 3.8) is 0 Å². The van der Waals surface area contributed by atoms with Crippen LogP contribution in [0.4, 0.5) is 5.69 Å². The Balaban J connectivity index is 2.73. The van der Waals surface area contributed by atoms with Gasteiger partial charge in [-0.15, -0.1) is 11.6 Å². The van der Waals surface area contributed by atoms with E-state index in [1.807, 2.05) is 18.2 Å². The summed E-state index contributed by atoms with van der Waals surface area (Å²) in [5, 5.41) is 8.22. The largest absolute Gasteiger partial charge is 0.339 e. The van der Waals surface area contributed by atoms with Crippen molar-refractivity contribution in [3.05, 3.63) is 28.7 Å². The third-order valence-electron chi connectivity index (χ3n) is 2.15. The number of rotatable bonds is 4. The second-order valence-corrected chi connectivity index (χ2v) is 7.65. The van der Waals surface area contributed by atoms with Crippen molar-refractivity contribution in [3.8, 4) is 0 Å². The molecule has 1 aromatic rings. The third kappa shape index (κ3) is 6.76. The number of benzene rings is 1. The van der Waals surface area contributed by atoms with Crippen LogP contribution in [0.15, 0.2) is 28.7 Å². The number of halogens is 5. The maximum atomic E-state index is 11.3. The lowest BCUT2D eigenvalue weighted by atomic mass is 10.3. The maximum Gasteiger partial charge on any atom is 0.236 e. The van der Waals surface area contributed by atoms with Gasteiger partial charge in [-0.1, -0.05) is 46.9 Å². The molecule has 0 aliphatic carbocycles. The first-order chi connectivity index (χ1) is 9.74. The Bertz CT molecular complexity index is 526. The van der Waals surface area contributed by atoms with E-state index < -0.39 is 15.9 Å². The molecule has 0 heterocycles. The first-order valence-corrected chi connectivity index (χ1v) is 8.35. The fourth-order valence-corrected chi connectivity index (χ4v) is 2.27. The van der Waals surface area contributed by atoms with Crippen LogP contribution in [-0.2, 0) is 4.79 Å². The highest BCUT2D eigenvalue weighted by Crippen LogP contribution is 2.29. The zero-order valence-electron chi connectivity index (χ0n) is 10.3. The lowest BCUT2D eigenvalue weighted by molar-refractivity contribution is -0.119. The molecular formula is C11H10BrCl4N3OS. The minimum atomic E-state index is -1.80. The molecule has 0 aliphatic heterocycles. The number of carbonyl (C=O) groups excluding carboxylic acids is 1. The molecule has 0 bridgehead atoms. The van der Waals surface area contributed by atoms with Crippen LogP contribution in [0.25, 0.3) is 0 Å². The molecule has 1 rings (SSSR count). The van der Waals surface area contributed by atoms with E-state index in [4.69, 9.17) is 58.6 Å². The lowest BCUT2D eigenvalue weighted by Crippen LogP contribution is -2.56. The highest BCUT2D eigenvalue weighted by atomic mass is 79.9. The first kappa shape index (κ1) is 19.1. The second-order valence-electron chi connectivity index (χ2n) is 3.75. The molecule has 10 heteroatoms. The number of para-hydroxylation sites is 1. The van der Waals surface area contributed by atoms with Crippen molar-refractivity contribution in [1.82, 2.24) is 10.6 Å². The van der Waals surface area contributed by atoms with Crippen molar-refractivity contribution in [2.75, 3.05) is 11.2 Å². The molecule has 0 unspecified atom stereocenters. The number of thiocarbonyl (C=S) groups is 1. The van der Waals surface area contributed by atoms with Crippen LogP contribution >= 0.6 is 74.6 Å². The van der Waals surface area contributed by atoms with E-state index in [1.54, 1.807) is 6.07 Å². The van der Waals surface area contributed by atoms with E-state index in [1.165, 1.54) is 0 Å². The molecule has 0 spiro atoms. The number of amides is 1. The summed E-state index contributed by atoms with van der Waals surface area (Å²) < 4.78 is -0.995. The first-order valence-electron chi connectivity index (χ1n) is 5.48. The van der Waals surface area contributed by atoms with Gasteiger partial charge in [0, 0.05) is 4.47 Å². The standard InChI is InChI=1S/C11H10BrCl4N3OS/c12-6-3-1-2-4-7(6)17-10(21)19-9(11(14,15)16)18-8(20)5-13/h1-4,9H,5H2,(H,18,20)(H2,17,19,21)/t9-/m0/s1. The minimum Gasteiger partial charge on any atom is -0.339 e. The van der Waals surface area contributed by atoms with Crippen molar-refractivity contribution in [1.29, 1.82) is 0 Å². The number of carbonyl (C=O) groups is 1. The Hall–Kier alpha value is 0.0200. The van der Waals surface area contributed by atoms with Crippen molar-refractivity contribution >= 4 is 91.3 Å². The summed E-state index contributed by atoms with van der Waals surface area (Å²) in [4.78, 5) is 11.3. The van der Waals surface area contributed by atoms with Gasteiger partial charge in [0.1, 0.15) is 12.0 Å². The van der Waals surface area contributed by atoms with Gasteiger partial charge in [0.05, 0.1) is 5.69 Å². The van der Waals surface area contributed by atoms with E-state index in [0.717, 1.165) is 10.2 Å². The monoisotopic (exact) mass is 451 g/mol. The van der Waals surface area contributed by atoms with Crippen LogP contribution in [0.1, 0.15) is 0 Å². The molecule has 0 saturated heterocycles. The Kier molecular flexibility index (Phi) is 7.81. The van der Waals surface area contributed by atoms with Gasteiger partial charge in [-0.2, -0.15) is 0 Å². The number of anilines is 1. The maximum absolute atomic E-state index is 11.3. The van der Waals surface area contributed by atoms with Crippen LogP contribution in [0.5, 0.6) is 0 Å². The molecule has 0 radical (unpaired) electrons. The van der Waals surface area contributed by atoms with Gasteiger partial charge in [0.15, 0.2) is 5.11 Å². The Morgan fingerprint density at radius 3 is 2.43 bits per heavy atom. The lowest BCUT2D eigenvalue weighted by Gasteiger charge is -2.27. The van der Waals surface area contributed by atoms with Gasteiger partial charge < -0.3 is 16.0 Å². The van der Waals surface area contributed by atoms with Crippen LogP contribution in [0, 0.1) is 0 Å². The second kappa shape index (κ2) is 8.60. The molecule has 1 atom stereocenters. The van der Waals surface area contributed by atoms with Gasteiger partial charge in [0.25, 0.3) is 0 Å². The minimum absolute atomic E-state index is 0.174. The summed E-state index contributed by atoms with van der Waals surface area (Å²) in [5.74, 6) is -0.757. The summed E-state index contributed by atoms with van der Waals surface area (Å²) in [6.45, 7) is 0. The van der Waals surface area contributed by atoms with E-state index >= 15 is 0 Å². The molecule has 0 aromatic heterocycles. The fourth-order valence-electron chi connectivity index (χ4n) is 1.25. The molecule has 0 saturated carbocycles. The van der Waals surface area contributed by atoms with Crippen molar-refractivity contribution < 1.29 is 4.79 Å². The predicted molar refractivity (Wildman–Crippen MR) is 96.4 cm³/mol. The average Bonchev–Trinajstić information content (AvgIpc) is 2.39. The number of nitrogens with one attached hydrogen (secondary N) is 3. The Labute approximate surface area is 156 Å². The Morgan fingerprint density at radius 1 is 1.29 bits per heavy atom. The third-order valence-corrected chi connectivity index (χ3v) is 3.96. The molecule has 1 amide bonds. The zero-order chi connectivity index (χ0) is 16.0. The van der Waals surface area contributed by atoms with Gasteiger partial charge >= 0.3 is 0 Å². The summed E-state index contributed by atoms with van der Waals surface area (Å²) in [5.41, 5.74) is 0.724. The number of hydrogen-bond acceptors (Lipinski definition) is 2. The van der Waals surface area contributed by atoms with Gasteiger partial charge in [-0.25, -0.2) is 0 Å². The van der Waals surface area contributed by atoms with Crippen molar-refractivity contribution in [2.45, 2.75) is 9.96 Å². The number of hydrogen-bond donors (Lipinski definition) is 3. The van der Waals surface area contributed by atoms with Crippen LogP contribution in [0.3, 0.4) is 0 Å². The molecule has 21 heavy (non-hydrogen) atoms. The van der Waals surface area contributed by atoms with E-state index in [0.29, 0.717) is 0 Å². The van der Waals surface area contributed by atoms with Crippen LogP contribution < -0.4 is 16.0 Å². The molecule has 0 aliphatic rings. The van der Waals surface area contributed by atoms with E-state index in [-0.39, 0.29) is 11.0 Å². The zero-order valence-corrected chi connectivity index (χ0v) is 15.7. The highest BCUT2D eigenvalue weighted by Gasteiger charge is 2.34. The van der Waals surface area contributed by atoms with Crippen molar-refractivity contribution in [2.24, 2.45) is 0 Å². The molecular weight excluding hydrogens is 444 g/mol. The smallest absolute Gasteiger partial charge is 0.236 e.